The van der Waals surface area contributed by atoms with Gasteiger partial charge in [-0.2, -0.15) is 0 Å². The summed E-state index contributed by atoms with van der Waals surface area (Å²) >= 11 is 0. The van der Waals surface area contributed by atoms with Crippen LogP contribution in [0.15, 0.2) is 34.4 Å². The van der Waals surface area contributed by atoms with Gasteiger partial charge < -0.3 is 4.74 Å². The zero-order chi connectivity index (χ0) is 17.1. The molecule has 0 amide bonds. The highest BCUT2D eigenvalue weighted by Crippen LogP contribution is 2.23. The van der Waals surface area contributed by atoms with Crippen LogP contribution in [0, 0.1) is 5.92 Å². The van der Waals surface area contributed by atoms with Crippen LogP contribution in [0.1, 0.15) is 74.1 Å². The normalized spacial score (nSPS) is 15.4. The molecular weight excluding hydrogens is 272 g/mol. The Kier molecular flexibility index (Phi) is 10.6. The van der Waals surface area contributed by atoms with E-state index < -0.39 is 0 Å². The summed E-state index contributed by atoms with van der Waals surface area (Å²) in [6.45, 7) is 15.2. The summed E-state index contributed by atoms with van der Waals surface area (Å²) in [6.07, 6.45) is 8.55. The molecule has 22 heavy (non-hydrogen) atoms. The molecule has 2 nitrogen and oxygen atoms in total. The van der Waals surface area contributed by atoms with Crippen LogP contribution in [0.25, 0.3) is 0 Å². The van der Waals surface area contributed by atoms with Gasteiger partial charge in [0, 0.05) is 6.08 Å². The van der Waals surface area contributed by atoms with E-state index in [0.29, 0.717) is 12.5 Å². The Morgan fingerprint density at radius 1 is 1.14 bits per heavy atom. The van der Waals surface area contributed by atoms with Crippen molar-refractivity contribution in [1.82, 2.24) is 0 Å². The fraction of sp³-hybridized carbons (Fsp3) is 0.650. The fourth-order valence-corrected chi connectivity index (χ4v) is 2.34. The summed E-state index contributed by atoms with van der Waals surface area (Å²) in [5.74, 6) is 0.409. The average molecular weight is 306 g/mol. The second-order valence-electron chi connectivity index (χ2n) is 6.28. The van der Waals surface area contributed by atoms with Gasteiger partial charge in [0.2, 0.25) is 0 Å². The molecule has 0 bridgehead atoms. The highest BCUT2D eigenvalue weighted by Gasteiger charge is 2.07. The molecule has 0 aliphatic carbocycles. The van der Waals surface area contributed by atoms with Crippen molar-refractivity contribution in [2.24, 2.45) is 5.92 Å². The number of hydrogen-bond donors (Lipinski definition) is 0. The van der Waals surface area contributed by atoms with E-state index in [-0.39, 0.29) is 5.97 Å². The molecule has 0 rings (SSSR count). The molecule has 2 heteroatoms. The molecule has 0 fully saturated rings. The molecule has 0 aromatic carbocycles. The minimum atomic E-state index is -0.250. The van der Waals surface area contributed by atoms with Crippen molar-refractivity contribution >= 4 is 5.97 Å². The molecule has 0 radical (unpaired) electrons. The SMILES string of the molecule is CCOC(=O)C=C(C)C(C)=C(C)CC(C)CCC=C(C)CC. The summed E-state index contributed by atoms with van der Waals surface area (Å²) in [5.41, 5.74) is 5.05. The van der Waals surface area contributed by atoms with E-state index in [4.69, 9.17) is 4.74 Å². The van der Waals surface area contributed by atoms with E-state index in [1.807, 2.05) is 13.8 Å². The van der Waals surface area contributed by atoms with Crippen LogP contribution in [0.5, 0.6) is 0 Å². The standard InChI is InChI=1S/C20H34O2/c1-8-15(3)11-10-12-16(4)13-17(5)19(7)18(6)14-20(21)22-9-2/h11,14,16H,8-10,12-13H2,1-7H3. The number of allylic oxidation sites excluding steroid dienone is 5. The van der Waals surface area contributed by atoms with Gasteiger partial charge in [-0.1, -0.05) is 31.1 Å². The first-order chi connectivity index (χ1) is 10.3. The summed E-state index contributed by atoms with van der Waals surface area (Å²) in [6, 6.07) is 0. The van der Waals surface area contributed by atoms with E-state index in [9.17, 15) is 4.79 Å². The van der Waals surface area contributed by atoms with Gasteiger partial charge >= 0.3 is 5.97 Å². The molecule has 0 aromatic heterocycles. The molecule has 1 atom stereocenters. The van der Waals surface area contributed by atoms with Crippen molar-refractivity contribution in [3.8, 4) is 0 Å². The molecule has 0 saturated heterocycles. The molecule has 0 aliphatic heterocycles. The van der Waals surface area contributed by atoms with Crippen molar-refractivity contribution in [2.45, 2.75) is 74.1 Å². The molecule has 0 spiro atoms. The monoisotopic (exact) mass is 306 g/mol. The second kappa shape index (κ2) is 11.3. The van der Waals surface area contributed by atoms with Crippen molar-refractivity contribution in [2.75, 3.05) is 6.61 Å². The Morgan fingerprint density at radius 2 is 1.77 bits per heavy atom. The largest absolute Gasteiger partial charge is 0.463 e. The first-order valence-electron chi connectivity index (χ1n) is 8.49. The number of hydrogen-bond acceptors (Lipinski definition) is 2. The van der Waals surface area contributed by atoms with Crippen LogP contribution < -0.4 is 0 Å². The van der Waals surface area contributed by atoms with E-state index in [0.717, 1.165) is 24.8 Å². The summed E-state index contributed by atoms with van der Waals surface area (Å²) in [5, 5.41) is 0. The third-order valence-corrected chi connectivity index (χ3v) is 4.22. The topological polar surface area (TPSA) is 26.3 Å². The molecule has 0 heterocycles. The molecule has 0 N–H and O–H groups in total. The zero-order valence-corrected chi connectivity index (χ0v) is 15.6. The predicted molar refractivity (Wildman–Crippen MR) is 95.8 cm³/mol. The van der Waals surface area contributed by atoms with E-state index >= 15 is 0 Å². The fourth-order valence-electron chi connectivity index (χ4n) is 2.34. The third-order valence-electron chi connectivity index (χ3n) is 4.22. The molecule has 0 aromatic rings. The molecular formula is C20H34O2. The first kappa shape index (κ1) is 20.7. The Bertz CT molecular complexity index is 439. The van der Waals surface area contributed by atoms with Gasteiger partial charge in [-0.3, -0.25) is 0 Å². The van der Waals surface area contributed by atoms with Gasteiger partial charge in [0.25, 0.3) is 0 Å². The van der Waals surface area contributed by atoms with Crippen LogP contribution in [0.2, 0.25) is 0 Å². The number of ether oxygens (including phenoxy) is 1. The molecule has 0 aliphatic rings. The lowest BCUT2D eigenvalue weighted by atomic mass is 9.92. The van der Waals surface area contributed by atoms with Gasteiger partial charge in [-0.15, -0.1) is 0 Å². The zero-order valence-electron chi connectivity index (χ0n) is 15.6. The van der Waals surface area contributed by atoms with Gasteiger partial charge in [-0.05, 0) is 77.4 Å². The number of carbonyl (C=O) groups excluding carboxylic acids is 1. The molecule has 1 unspecified atom stereocenters. The summed E-state index contributed by atoms with van der Waals surface area (Å²) in [7, 11) is 0. The second-order valence-corrected chi connectivity index (χ2v) is 6.28. The maximum atomic E-state index is 11.5. The van der Waals surface area contributed by atoms with Crippen molar-refractivity contribution in [3.63, 3.8) is 0 Å². The first-order valence-corrected chi connectivity index (χ1v) is 8.49. The van der Waals surface area contributed by atoms with Gasteiger partial charge in [-0.25, -0.2) is 4.79 Å². The lowest BCUT2D eigenvalue weighted by molar-refractivity contribution is -0.137. The van der Waals surface area contributed by atoms with Crippen LogP contribution in [0.4, 0.5) is 0 Å². The number of carbonyl (C=O) groups is 1. The van der Waals surface area contributed by atoms with Crippen LogP contribution in [-0.2, 0) is 9.53 Å². The van der Waals surface area contributed by atoms with E-state index in [1.165, 1.54) is 23.1 Å². The van der Waals surface area contributed by atoms with Gasteiger partial charge in [0.15, 0.2) is 0 Å². The maximum absolute atomic E-state index is 11.5. The molecule has 0 saturated carbocycles. The average Bonchev–Trinajstić information content (AvgIpc) is 2.46. The Labute approximate surface area is 137 Å². The van der Waals surface area contributed by atoms with E-state index in [2.05, 4.69) is 40.7 Å². The number of rotatable bonds is 9. The third kappa shape index (κ3) is 8.86. The van der Waals surface area contributed by atoms with Crippen molar-refractivity contribution in [3.05, 3.63) is 34.4 Å². The lowest BCUT2D eigenvalue weighted by Gasteiger charge is -2.14. The molecule has 126 valence electrons. The maximum Gasteiger partial charge on any atom is 0.331 e. The Hall–Kier alpha value is -1.31. The summed E-state index contributed by atoms with van der Waals surface area (Å²) < 4.78 is 4.97. The minimum absolute atomic E-state index is 0.250. The highest BCUT2D eigenvalue weighted by molar-refractivity contribution is 5.83. The lowest BCUT2D eigenvalue weighted by Crippen LogP contribution is -2.02. The highest BCUT2D eigenvalue weighted by atomic mass is 16.5. The van der Waals surface area contributed by atoms with Crippen LogP contribution >= 0.6 is 0 Å². The van der Waals surface area contributed by atoms with Gasteiger partial charge in [0.05, 0.1) is 6.61 Å². The smallest absolute Gasteiger partial charge is 0.331 e. The van der Waals surface area contributed by atoms with Crippen LogP contribution in [0.3, 0.4) is 0 Å². The van der Waals surface area contributed by atoms with Crippen LogP contribution in [-0.4, -0.2) is 12.6 Å². The van der Waals surface area contributed by atoms with Crippen molar-refractivity contribution in [1.29, 1.82) is 0 Å². The van der Waals surface area contributed by atoms with Gasteiger partial charge in [0.1, 0.15) is 0 Å². The number of esters is 1. The predicted octanol–water partition coefficient (Wildman–Crippen LogP) is 5.99. The quantitative estimate of drug-likeness (QED) is 0.226. The van der Waals surface area contributed by atoms with Crippen molar-refractivity contribution < 1.29 is 9.53 Å². The van der Waals surface area contributed by atoms with E-state index in [1.54, 1.807) is 6.08 Å². The summed E-state index contributed by atoms with van der Waals surface area (Å²) in [4.78, 5) is 11.5. The Morgan fingerprint density at radius 3 is 2.32 bits per heavy atom. The Balaban J connectivity index is 4.59. The minimum Gasteiger partial charge on any atom is -0.463 e.